The van der Waals surface area contributed by atoms with Crippen LogP contribution in [0.5, 0.6) is 0 Å². The van der Waals surface area contributed by atoms with Crippen LogP contribution in [0.1, 0.15) is 25.0 Å². The van der Waals surface area contributed by atoms with Gasteiger partial charge < -0.3 is 10.1 Å². The highest BCUT2D eigenvalue weighted by Crippen LogP contribution is 2.09. The van der Waals surface area contributed by atoms with Crippen molar-refractivity contribution in [1.82, 2.24) is 5.32 Å². The van der Waals surface area contributed by atoms with E-state index in [1.165, 1.54) is 11.1 Å². The second kappa shape index (κ2) is 8.99. The van der Waals surface area contributed by atoms with Crippen LogP contribution in [0, 0.1) is 5.92 Å². The first kappa shape index (κ1) is 16.1. The molecule has 0 aromatic heterocycles. The second-order valence-corrected chi connectivity index (χ2v) is 5.06. The SMILES string of the molecule is CC(C)Cc1ccc(CNCCOCC(F)F)cc1. The fraction of sp³-hybridized carbons (Fsp3) is 0.600. The van der Waals surface area contributed by atoms with Gasteiger partial charge in [-0.1, -0.05) is 38.1 Å². The highest BCUT2D eigenvalue weighted by atomic mass is 19.3. The van der Waals surface area contributed by atoms with Gasteiger partial charge in [0.05, 0.1) is 6.61 Å². The highest BCUT2D eigenvalue weighted by molar-refractivity contribution is 5.22. The Hall–Kier alpha value is -1.00. The molecule has 0 aliphatic rings. The molecule has 1 aromatic carbocycles. The fourth-order valence-electron chi connectivity index (χ4n) is 1.81. The summed E-state index contributed by atoms with van der Waals surface area (Å²) in [5.41, 5.74) is 2.54. The Kier molecular flexibility index (Phi) is 7.60. The van der Waals surface area contributed by atoms with Crippen LogP contribution in [0.15, 0.2) is 24.3 Å². The molecule has 0 radical (unpaired) electrons. The minimum atomic E-state index is -2.38. The number of alkyl halides is 2. The molecule has 2 nitrogen and oxygen atoms in total. The van der Waals surface area contributed by atoms with E-state index >= 15 is 0 Å². The van der Waals surface area contributed by atoms with E-state index in [0.717, 1.165) is 13.0 Å². The van der Waals surface area contributed by atoms with Crippen LogP contribution < -0.4 is 5.32 Å². The molecule has 0 aliphatic heterocycles. The lowest BCUT2D eigenvalue weighted by atomic mass is 10.0. The van der Waals surface area contributed by atoms with Gasteiger partial charge in [-0.15, -0.1) is 0 Å². The maximum Gasteiger partial charge on any atom is 0.261 e. The van der Waals surface area contributed by atoms with Crippen LogP contribution in [0.4, 0.5) is 8.78 Å². The molecule has 1 N–H and O–H groups in total. The van der Waals surface area contributed by atoms with Gasteiger partial charge in [0.1, 0.15) is 6.61 Å². The summed E-state index contributed by atoms with van der Waals surface area (Å²) in [4.78, 5) is 0. The molecule has 0 unspecified atom stereocenters. The predicted molar refractivity (Wildman–Crippen MR) is 73.5 cm³/mol. The normalized spacial score (nSPS) is 11.5. The quantitative estimate of drug-likeness (QED) is 0.696. The number of halogens is 2. The Balaban J connectivity index is 2.16. The third-order valence-electron chi connectivity index (χ3n) is 2.66. The van der Waals surface area contributed by atoms with E-state index in [4.69, 9.17) is 4.74 Å². The lowest BCUT2D eigenvalue weighted by molar-refractivity contribution is 0.0187. The Morgan fingerprint density at radius 1 is 1.11 bits per heavy atom. The predicted octanol–water partition coefficient (Wildman–Crippen LogP) is 3.26. The van der Waals surface area contributed by atoms with Crippen molar-refractivity contribution in [1.29, 1.82) is 0 Å². The van der Waals surface area contributed by atoms with Gasteiger partial charge in [-0.3, -0.25) is 0 Å². The number of hydrogen-bond donors (Lipinski definition) is 1. The van der Waals surface area contributed by atoms with Crippen LogP contribution in [-0.2, 0) is 17.7 Å². The van der Waals surface area contributed by atoms with Crippen molar-refractivity contribution >= 4 is 0 Å². The van der Waals surface area contributed by atoms with Gasteiger partial charge in [-0.25, -0.2) is 8.78 Å². The third kappa shape index (κ3) is 7.90. The molecule has 19 heavy (non-hydrogen) atoms. The van der Waals surface area contributed by atoms with E-state index in [-0.39, 0.29) is 0 Å². The molecule has 0 heterocycles. The molecule has 108 valence electrons. The summed E-state index contributed by atoms with van der Waals surface area (Å²) < 4.78 is 28.4. The molecule has 0 spiro atoms. The monoisotopic (exact) mass is 271 g/mol. The number of nitrogens with one attached hydrogen (secondary N) is 1. The molecular formula is C15H23F2NO. The zero-order valence-electron chi connectivity index (χ0n) is 11.7. The smallest absolute Gasteiger partial charge is 0.261 e. The van der Waals surface area contributed by atoms with Crippen LogP contribution in [0.3, 0.4) is 0 Å². The van der Waals surface area contributed by atoms with Crippen LogP contribution >= 0.6 is 0 Å². The second-order valence-electron chi connectivity index (χ2n) is 5.06. The zero-order valence-corrected chi connectivity index (χ0v) is 11.7. The molecule has 0 aliphatic carbocycles. The van der Waals surface area contributed by atoms with Gasteiger partial charge in [-0.2, -0.15) is 0 Å². The van der Waals surface area contributed by atoms with E-state index in [9.17, 15) is 8.78 Å². The van der Waals surface area contributed by atoms with Crippen molar-refractivity contribution in [2.75, 3.05) is 19.8 Å². The summed E-state index contributed by atoms with van der Waals surface area (Å²) in [6.07, 6.45) is -1.29. The molecule has 1 aromatic rings. The van der Waals surface area contributed by atoms with Gasteiger partial charge in [0.15, 0.2) is 0 Å². The molecule has 1 rings (SSSR count). The lowest BCUT2D eigenvalue weighted by Gasteiger charge is -2.08. The number of hydrogen-bond acceptors (Lipinski definition) is 2. The van der Waals surface area contributed by atoms with Crippen LogP contribution in [-0.4, -0.2) is 26.2 Å². The van der Waals surface area contributed by atoms with E-state index in [1.54, 1.807) is 0 Å². The zero-order chi connectivity index (χ0) is 14.1. The molecule has 4 heteroatoms. The van der Waals surface area contributed by atoms with E-state index in [1.807, 2.05) is 0 Å². The molecule has 0 amide bonds. The van der Waals surface area contributed by atoms with Crippen molar-refractivity contribution in [2.24, 2.45) is 5.92 Å². The van der Waals surface area contributed by atoms with Gasteiger partial charge in [0.2, 0.25) is 0 Å². The average molecular weight is 271 g/mol. The summed E-state index contributed by atoms with van der Waals surface area (Å²) in [5, 5.41) is 3.17. The maximum absolute atomic E-state index is 11.8. The van der Waals surface area contributed by atoms with Crippen LogP contribution in [0.2, 0.25) is 0 Å². The van der Waals surface area contributed by atoms with Crippen molar-refractivity contribution in [3.63, 3.8) is 0 Å². The summed E-state index contributed by atoms with van der Waals surface area (Å²) in [6.45, 7) is 5.56. The molecule has 0 fully saturated rings. The first-order chi connectivity index (χ1) is 9.08. The van der Waals surface area contributed by atoms with Crippen molar-refractivity contribution in [3.05, 3.63) is 35.4 Å². The molecule has 0 atom stereocenters. The number of benzene rings is 1. The first-order valence-electron chi connectivity index (χ1n) is 6.72. The van der Waals surface area contributed by atoms with Gasteiger partial charge in [0.25, 0.3) is 6.43 Å². The first-order valence-corrected chi connectivity index (χ1v) is 6.72. The Labute approximate surface area is 114 Å². The maximum atomic E-state index is 11.8. The Bertz CT molecular complexity index is 339. The fourth-order valence-corrected chi connectivity index (χ4v) is 1.81. The van der Waals surface area contributed by atoms with E-state index < -0.39 is 13.0 Å². The van der Waals surface area contributed by atoms with Gasteiger partial charge in [-0.05, 0) is 23.5 Å². The average Bonchev–Trinajstić information content (AvgIpc) is 2.34. The van der Waals surface area contributed by atoms with Gasteiger partial charge in [0, 0.05) is 13.1 Å². The van der Waals surface area contributed by atoms with Gasteiger partial charge >= 0.3 is 0 Å². The molecule has 0 saturated carbocycles. The summed E-state index contributed by atoms with van der Waals surface area (Å²) in [6, 6.07) is 8.49. The number of ether oxygens (including phenoxy) is 1. The highest BCUT2D eigenvalue weighted by Gasteiger charge is 2.01. The summed E-state index contributed by atoms with van der Waals surface area (Å²) in [7, 11) is 0. The van der Waals surface area contributed by atoms with Crippen LogP contribution in [0.25, 0.3) is 0 Å². The van der Waals surface area contributed by atoms with Crippen molar-refractivity contribution < 1.29 is 13.5 Å². The molecule has 0 saturated heterocycles. The Morgan fingerprint density at radius 3 is 2.32 bits per heavy atom. The van der Waals surface area contributed by atoms with E-state index in [0.29, 0.717) is 19.1 Å². The number of rotatable bonds is 9. The lowest BCUT2D eigenvalue weighted by Crippen LogP contribution is -2.20. The largest absolute Gasteiger partial charge is 0.374 e. The topological polar surface area (TPSA) is 21.3 Å². The third-order valence-corrected chi connectivity index (χ3v) is 2.66. The summed E-state index contributed by atoms with van der Waals surface area (Å²) >= 11 is 0. The summed E-state index contributed by atoms with van der Waals surface area (Å²) in [5.74, 6) is 0.663. The van der Waals surface area contributed by atoms with Crippen molar-refractivity contribution in [3.8, 4) is 0 Å². The minimum absolute atomic E-state index is 0.315. The minimum Gasteiger partial charge on any atom is -0.374 e. The molecular weight excluding hydrogens is 248 g/mol. The molecule has 0 bridgehead atoms. The Morgan fingerprint density at radius 2 is 1.74 bits per heavy atom. The van der Waals surface area contributed by atoms with Crippen molar-refractivity contribution in [2.45, 2.75) is 33.2 Å². The standard InChI is InChI=1S/C15H23F2NO/c1-12(2)9-13-3-5-14(6-4-13)10-18-7-8-19-11-15(16)17/h3-6,12,15,18H,7-11H2,1-2H3. The van der Waals surface area contributed by atoms with E-state index in [2.05, 4.69) is 43.4 Å².